The lowest BCUT2D eigenvalue weighted by molar-refractivity contribution is 0.0697. The summed E-state index contributed by atoms with van der Waals surface area (Å²) in [5.41, 5.74) is 1.61. The molecule has 0 spiro atoms. The SMILES string of the molecule is COc1ccc(CNc2ccc(C(=O)O)c(Cl)c2)c(OC)c1OC. The summed E-state index contributed by atoms with van der Waals surface area (Å²) in [7, 11) is 4.66. The van der Waals surface area contributed by atoms with Gasteiger partial charge in [0.05, 0.1) is 31.9 Å². The monoisotopic (exact) mass is 351 g/mol. The maximum Gasteiger partial charge on any atom is 0.337 e. The number of methoxy groups -OCH3 is 3. The molecule has 0 unspecified atom stereocenters. The summed E-state index contributed by atoms with van der Waals surface area (Å²) in [5, 5.41) is 12.3. The lowest BCUT2D eigenvalue weighted by Gasteiger charge is -2.16. The molecule has 0 heterocycles. The minimum Gasteiger partial charge on any atom is -0.493 e. The van der Waals surface area contributed by atoms with E-state index in [1.54, 1.807) is 39.5 Å². The van der Waals surface area contributed by atoms with E-state index >= 15 is 0 Å². The smallest absolute Gasteiger partial charge is 0.337 e. The Kier molecular flexibility index (Phi) is 5.76. The average molecular weight is 352 g/mol. The standard InChI is InChI=1S/C17H18ClNO5/c1-22-14-7-4-10(15(23-2)16(14)24-3)9-19-11-5-6-12(17(20)21)13(18)8-11/h4-8,19H,9H2,1-3H3,(H,20,21). The first-order valence-corrected chi connectivity index (χ1v) is 7.44. The molecular weight excluding hydrogens is 334 g/mol. The number of carboxylic acid groups (broad SMARTS) is 1. The largest absolute Gasteiger partial charge is 0.493 e. The van der Waals surface area contributed by atoms with Crippen molar-refractivity contribution in [3.05, 3.63) is 46.5 Å². The van der Waals surface area contributed by atoms with Crippen LogP contribution in [0.4, 0.5) is 5.69 Å². The molecule has 0 fully saturated rings. The maximum absolute atomic E-state index is 11.0. The molecule has 0 aromatic heterocycles. The summed E-state index contributed by atoms with van der Waals surface area (Å²) in [6.07, 6.45) is 0. The fourth-order valence-corrected chi connectivity index (χ4v) is 2.56. The number of carbonyl (C=O) groups is 1. The summed E-state index contributed by atoms with van der Waals surface area (Å²) in [6, 6.07) is 8.33. The van der Waals surface area contributed by atoms with Crippen LogP contribution >= 0.6 is 11.6 Å². The van der Waals surface area contributed by atoms with Gasteiger partial charge in [0.15, 0.2) is 11.5 Å². The summed E-state index contributed by atoms with van der Waals surface area (Å²) < 4.78 is 16.0. The fraction of sp³-hybridized carbons (Fsp3) is 0.235. The number of aromatic carboxylic acids is 1. The van der Waals surface area contributed by atoms with E-state index in [2.05, 4.69) is 5.32 Å². The van der Waals surface area contributed by atoms with Crippen LogP contribution < -0.4 is 19.5 Å². The number of nitrogens with one attached hydrogen (secondary N) is 1. The zero-order valence-electron chi connectivity index (χ0n) is 13.6. The van der Waals surface area contributed by atoms with Crippen molar-refractivity contribution in [2.45, 2.75) is 6.54 Å². The molecule has 128 valence electrons. The second-order valence-corrected chi connectivity index (χ2v) is 5.25. The van der Waals surface area contributed by atoms with Gasteiger partial charge in [-0.3, -0.25) is 0 Å². The summed E-state index contributed by atoms with van der Waals surface area (Å²) in [6.45, 7) is 0.437. The van der Waals surface area contributed by atoms with Crippen LogP contribution in [0.5, 0.6) is 17.2 Å². The second kappa shape index (κ2) is 7.79. The Hall–Kier alpha value is -2.60. The minimum absolute atomic E-state index is 0.0610. The third-order valence-corrected chi connectivity index (χ3v) is 3.78. The molecule has 0 aliphatic rings. The highest BCUT2D eigenvalue weighted by Gasteiger charge is 2.16. The summed E-state index contributed by atoms with van der Waals surface area (Å²) in [4.78, 5) is 11.0. The van der Waals surface area contributed by atoms with Gasteiger partial charge in [0.2, 0.25) is 5.75 Å². The topological polar surface area (TPSA) is 77.0 Å². The zero-order chi connectivity index (χ0) is 17.7. The van der Waals surface area contributed by atoms with Gasteiger partial charge >= 0.3 is 5.97 Å². The van der Waals surface area contributed by atoms with Crippen molar-refractivity contribution in [1.82, 2.24) is 0 Å². The molecule has 0 amide bonds. The molecule has 24 heavy (non-hydrogen) atoms. The van der Waals surface area contributed by atoms with E-state index in [0.717, 1.165) is 5.56 Å². The number of hydrogen-bond acceptors (Lipinski definition) is 5. The van der Waals surface area contributed by atoms with E-state index < -0.39 is 5.97 Å². The van der Waals surface area contributed by atoms with Crippen molar-refractivity contribution in [3.63, 3.8) is 0 Å². The highest BCUT2D eigenvalue weighted by atomic mass is 35.5. The van der Waals surface area contributed by atoms with Crippen molar-refractivity contribution < 1.29 is 24.1 Å². The molecule has 0 atom stereocenters. The maximum atomic E-state index is 11.0. The van der Waals surface area contributed by atoms with E-state index in [-0.39, 0.29) is 10.6 Å². The van der Waals surface area contributed by atoms with Crippen LogP contribution in [0.3, 0.4) is 0 Å². The Labute approximate surface area is 144 Å². The van der Waals surface area contributed by atoms with Crippen LogP contribution in [-0.4, -0.2) is 32.4 Å². The van der Waals surface area contributed by atoms with Crippen LogP contribution in [0, 0.1) is 0 Å². The van der Waals surface area contributed by atoms with Gasteiger partial charge in [-0.2, -0.15) is 0 Å². The van der Waals surface area contributed by atoms with E-state index in [4.69, 9.17) is 30.9 Å². The van der Waals surface area contributed by atoms with Crippen LogP contribution in [0.2, 0.25) is 5.02 Å². The molecule has 2 aromatic rings. The summed E-state index contributed by atoms with van der Waals surface area (Å²) >= 11 is 5.97. The number of ether oxygens (including phenoxy) is 3. The van der Waals surface area contributed by atoms with Crippen molar-refractivity contribution in [2.24, 2.45) is 0 Å². The molecular formula is C17H18ClNO5. The molecule has 0 aliphatic carbocycles. The van der Waals surface area contributed by atoms with Gasteiger partial charge in [0.1, 0.15) is 0 Å². The Morgan fingerprint density at radius 1 is 1.08 bits per heavy atom. The van der Waals surface area contributed by atoms with Crippen LogP contribution in [0.15, 0.2) is 30.3 Å². The van der Waals surface area contributed by atoms with E-state index in [0.29, 0.717) is 29.5 Å². The zero-order valence-corrected chi connectivity index (χ0v) is 14.3. The van der Waals surface area contributed by atoms with Gasteiger partial charge in [-0.15, -0.1) is 0 Å². The van der Waals surface area contributed by atoms with Crippen LogP contribution in [0.25, 0.3) is 0 Å². The Morgan fingerprint density at radius 3 is 2.33 bits per heavy atom. The second-order valence-electron chi connectivity index (χ2n) is 4.85. The predicted octanol–water partition coefficient (Wildman–Crippen LogP) is 3.68. The highest BCUT2D eigenvalue weighted by molar-refractivity contribution is 6.33. The first-order valence-electron chi connectivity index (χ1n) is 7.06. The molecule has 0 bridgehead atoms. The molecule has 0 saturated heterocycles. The van der Waals surface area contributed by atoms with Crippen molar-refractivity contribution in [3.8, 4) is 17.2 Å². The quantitative estimate of drug-likeness (QED) is 0.792. The minimum atomic E-state index is -1.06. The number of hydrogen-bond donors (Lipinski definition) is 2. The lowest BCUT2D eigenvalue weighted by Crippen LogP contribution is -2.05. The molecule has 7 heteroatoms. The number of halogens is 1. The Balaban J connectivity index is 2.23. The van der Waals surface area contributed by atoms with E-state index in [9.17, 15) is 4.79 Å². The van der Waals surface area contributed by atoms with Crippen molar-refractivity contribution in [2.75, 3.05) is 26.6 Å². The van der Waals surface area contributed by atoms with E-state index in [1.165, 1.54) is 6.07 Å². The first kappa shape index (κ1) is 17.7. The van der Waals surface area contributed by atoms with Crippen molar-refractivity contribution >= 4 is 23.3 Å². The predicted molar refractivity (Wildman–Crippen MR) is 91.8 cm³/mol. The Bertz CT molecular complexity index is 748. The van der Waals surface area contributed by atoms with E-state index in [1.807, 2.05) is 6.07 Å². The Morgan fingerprint density at radius 2 is 1.79 bits per heavy atom. The molecule has 6 nitrogen and oxygen atoms in total. The fourth-order valence-electron chi connectivity index (χ4n) is 2.30. The summed E-state index contributed by atoms with van der Waals surface area (Å²) in [5.74, 6) is 0.594. The third kappa shape index (κ3) is 3.65. The number of anilines is 1. The highest BCUT2D eigenvalue weighted by Crippen LogP contribution is 2.40. The van der Waals surface area contributed by atoms with Gasteiger partial charge in [-0.1, -0.05) is 11.6 Å². The molecule has 0 radical (unpaired) electrons. The van der Waals surface area contributed by atoms with Gasteiger partial charge in [-0.25, -0.2) is 4.79 Å². The molecule has 2 aromatic carbocycles. The molecule has 2 N–H and O–H groups in total. The normalized spacial score (nSPS) is 10.2. The average Bonchev–Trinajstić information content (AvgIpc) is 2.58. The lowest BCUT2D eigenvalue weighted by atomic mass is 10.1. The number of rotatable bonds is 7. The molecule has 0 saturated carbocycles. The molecule has 2 rings (SSSR count). The van der Waals surface area contributed by atoms with Crippen molar-refractivity contribution in [1.29, 1.82) is 0 Å². The van der Waals surface area contributed by atoms with Gasteiger partial charge < -0.3 is 24.6 Å². The van der Waals surface area contributed by atoms with Gasteiger partial charge in [0, 0.05) is 17.8 Å². The number of benzene rings is 2. The van der Waals surface area contributed by atoms with Gasteiger partial charge in [-0.05, 0) is 30.3 Å². The molecule has 0 aliphatic heterocycles. The number of carboxylic acids is 1. The third-order valence-electron chi connectivity index (χ3n) is 3.47. The van der Waals surface area contributed by atoms with Gasteiger partial charge in [0.25, 0.3) is 0 Å². The first-order chi connectivity index (χ1) is 11.5. The van der Waals surface area contributed by atoms with Crippen LogP contribution in [0.1, 0.15) is 15.9 Å². The van der Waals surface area contributed by atoms with Crippen LogP contribution in [-0.2, 0) is 6.54 Å².